The van der Waals surface area contributed by atoms with E-state index in [4.69, 9.17) is 10.2 Å². The summed E-state index contributed by atoms with van der Waals surface area (Å²) in [7, 11) is 0. The van der Waals surface area contributed by atoms with Crippen LogP contribution in [-0.4, -0.2) is 22.2 Å². The first-order valence-corrected chi connectivity index (χ1v) is 5.52. The standard InChI is InChI=1S/C11H18O4/c1-2-3-5-8-6-4-7-11(8,9(12)13)10(14)15/h8H,2-7H2,1H3,(H,12,13)(H,14,15). The van der Waals surface area contributed by atoms with E-state index in [0.29, 0.717) is 6.42 Å². The molecule has 0 bridgehead atoms. The van der Waals surface area contributed by atoms with Gasteiger partial charge in [0, 0.05) is 0 Å². The average Bonchev–Trinajstić information content (AvgIpc) is 2.58. The third-order valence-corrected chi connectivity index (χ3v) is 3.49. The Kier molecular flexibility index (Phi) is 3.72. The third-order valence-electron chi connectivity index (χ3n) is 3.49. The van der Waals surface area contributed by atoms with Gasteiger partial charge in [0.25, 0.3) is 0 Å². The highest BCUT2D eigenvalue weighted by molar-refractivity contribution is 5.98. The number of hydrogen-bond acceptors (Lipinski definition) is 2. The highest BCUT2D eigenvalue weighted by atomic mass is 16.4. The first-order valence-electron chi connectivity index (χ1n) is 5.52. The highest BCUT2D eigenvalue weighted by Crippen LogP contribution is 2.46. The van der Waals surface area contributed by atoms with Crippen molar-refractivity contribution in [3.05, 3.63) is 0 Å². The van der Waals surface area contributed by atoms with Gasteiger partial charge < -0.3 is 10.2 Å². The van der Waals surface area contributed by atoms with Crippen LogP contribution < -0.4 is 0 Å². The number of hydrogen-bond donors (Lipinski definition) is 2. The largest absolute Gasteiger partial charge is 0.480 e. The topological polar surface area (TPSA) is 74.6 Å². The third kappa shape index (κ3) is 1.98. The molecular formula is C11H18O4. The number of unbranched alkanes of at least 4 members (excludes halogenated alkanes) is 1. The smallest absolute Gasteiger partial charge is 0.321 e. The van der Waals surface area contributed by atoms with E-state index >= 15 is 0 Å². The number of aliphatic carboxylic acids is 2. The van der Waals surface area contributed by atoms with E-state index in [1.807, 2.05) is 6.92 Å². The molecule has 0 aromatic carbocycles. The summed E-state index contributed by atoms with van der Waals surface area (Å²) in [5, 5.41) is 18.2. The number of carboxylic acids is 2. The van der Waals surface area contributed by atoms with E-state index < -0.39 is 17.4 Å². The van der Waals surface area contributed by atoms with Crippen molar-refractivity contribution in [3.8, 4) is 0 Å². The molecule has 0 heterocycles. The lowest BCUT2D eigenvalue weighted by molar-refractivity contribution is -0.167. The summed E-state index contributed by atoms with van der Waals surface area (Å²) in [4.78, 5) is 22.3. The molecule has 4 nitrogen and oxygen atoms in total. The van der Waals surface area contributed by atoms with E-state index in [2.05, 4.69) is 0 Å². The van der Waals surface area contributed by atoms with Crippen molar-refractivity contribution < 1.29 is 19.8 Å². The molecule has 1 rings (SSSR count). The second kappa shape index (κ2) is 4.64. The second-order valence-corrected chi connectivity index (χ2v) is 4.31. The van der Waals surface area contributed by atoms with Crippen LogP contribution in [0.15, 0.2) is 0 Å². The maximum Gasteiger partial charge on any atom is 0.321 e. The summed E-state index contributed by atoms with van der Waals surface area (Å²) in [6, 6.07) is 0. The zero-order valence-electron chi connectivity index (χ0n) is 9.03. The minimum Gasteiger partial charge on any atom is -0.480 e. The van der Waals surface area contributed by atoms with Crippen molar-refractivity contribution >= 4 is 11.9 Å². The summed E-state index contributed by atoms with van der Waals surface area (Å²) in [5.74, 6) is -2.50. The summed E-state index contributed by atoms with van der Waals surface area (Å²) in [6.07, 6.45) is 4.34. The maximum atomic E-state index is 11.2. The van der Waals surface area contributed by atoms with Crippen LogP contribution in [0.3, 0.4) is 0 Å². The predicted molar refractivity (Wildman–Crippen MR) is 54.6 cm³/mol. The van der Waals surface area contributed by atoms with Gasteiger partial charge in [0.2, 0.25) is 0 Å². The zero-order chi connectivity index (χ0) is 11.5. The molecule has 1 atom stereocenters. The van der Waals surface area contributed by atoms with Crippen LogP contribution in [0.1, 0.15) is 45.4 Å². The molecule has 4 heteroatoms. The number of rotatable bonds is 5. The molecule has 0 radical (unpaired) electrons. The van der Waals surface area contributed by atoms with Crippen LogP contribution in [0.25, 0.3) is 0 Å². The molecule has 0 aromatic heterocycles. The zero-order valence-corrected chi connectivity index (χ0v) is 9.03. The Labute approximate surface area is 89.3 Å². The molecule has 1 saturated carbocycles. The normalized spacial score (nSPS) is 23.9. The van der Waals surface area contributed by atoms with Gasteiger partial charge in [-0.2, -0.15) is 0 Å². The van der Waals surface area contributed by atoms with Gasteiger partial charge in [-0.05, 0) is 25.2 Å². The van der Waals surface area contributed by atoms with Crippen molar-refractivity contribution in [2.75, 3.05) is 0 Å². The van der Waals surface area contributed by atoms with Crippen LogP contribution in [-0.2, 0) is 9.59 Å². The van der Waals surface area contributed by atoms with E-state index in [0.717, 1.165) is 25.7 Å². The molecule has 0 spiro atoms. The summed E-state index contributed by atoms with van der Waals surface area (Å²) in [5.41, 5.74) is -1.50. The van der Waals surface area contributed by atoms with Crippen molar-refractivity contribution in [1.29, 1.82) is 0 Å². The van der Waals surface area contributed by atoms with Gasteiger partial charge in [0.15, 0.2) is 5.41 Å². The molecule has 1 unspecified atom stereocenters. The summed E-state index contributed by atoms with van der Waals surface area (Å²) in [6.45, 7) is 2.03. The van der Waals surface area contributed by atoms with E-state index in [-0.39, 0.29) is 12.3 Å². The Morgan fingerprint density at radius 3 is 2.40 bits per heavy atom. The van der Waals surface area contributed by atoms with Crippen LogP contribution in [0.2, 0.25) is 0 Å². The number of carbonyl (C=O) groups is 2. The minimum atomic E-state index is -1.50. The van der Waals surface area contributed by atoms with Gasteiger partial charge in [0.1, 0.15) is 0 Å². The van der Waals surface area contributed by atoms with Crippen LogP contribution in [0, 0.1) is 11.3 Å². The SMILES string of the molecule is CCCCC1CCCC1(C(=O)O)C(=O)O. The summed E-state index contributed by atoms with van der Waals surface area (Å²) < 4.78 is 0. The molecular weight excluding hydrogens is 196 g/mol. The lowest BCUT2D eigenvalue weighted by Crippen LogP contribution is -2.42. The molecule has 1 fully saturated rings. The van der Waals surface area contributed by atoms with Crippen molar-refractivity contribution in [2.24, 2.45) is 11.3 Å². The van der Waals surface area contributed by atoms with Crippen LogP contribution in [0.4, 0.5) is 0 Å². The lowest BCUT2D eigenvalue weighted by Gasteiger charge is -2.26. The average molecular weight is 214 g/mol. The quantitative estimate of drug-likeness (QED) is 0.687. The lowest BCUT2D eigenvalue weighted by atomic mass is 9.75. The van der Waals surface area contributed by atoms with Gasteiger partial charge in [-0.1, -0.05) is 26.2 Å². The first kappa shape index (κ1) is 12.0. The van der Waals surface area contributed by atoms with Gasteiger partial charge in [-0.25, -0.2) is 0 Å². The van der Waals surface area contributed by atoms with Gasteiger partial charge >= 0.3 is 11.9 Å². The molecule has 2 N–H and O–H groups in total. The molecule has 0 saturated heterocycles. The molecule has 15 heavy (non-hydrogen) atoms. The molecule has 0 amide bonds. The van der Waals surface area contributed by atoms with Crippen LogP contribution >= 0.6 is 0 Å². The number of carboxylic acid groups (broad SMARTS) is 2. The van der Waals surface area contributed by atoms with Crippen molar-refractivity contribution in [1.82, 2.24) is 0 Å². The van der Waals surface area contributed by atoms with E-state index in [1.165, 1.54) is 0 Å². The fraction of sp³-hybridized carbons (Fsp3) is 0.818. The summed E-state index contributed by atoms with van der Waals surface area (Å²) >= 11 is 0. The fourth-order valence-electron chi connectivity index (χ4n) is 2.57. The Balaban J connectivity index is 2.85. The van der Waals surface area contributed by atoms with Gasteiger partial charge in [-0.15, -0.1) is 0 Å². The van der Waals surface area contributed by atoms with Gasteiger partial charge in [-0.3, -0.25) is 9.59 Å². The van der Waals surface area contributed by atoms with Gasteiger partial charge in [0.05, 0.1) is 0 Å². The van der Waals surface area contributed by atoms with Crippen LogP contribution in [0.5, 0.6) is 0 Å². The van der Waals surface area contributed by atoms with Crippen molar-refractivity contribution in [2.45, 2.75) is 45.4 Å². The Morgan fingerprint density at radius 1 is 1.33 bits per heavy atom. The molecule has 0 aromatic rings. The second-order valence-electron chi connectivity index (χ2n) is 4.31. The van der Waals surface area contributed by atoms with E-state index in [1.54, 1.807) is 0 Å². The first-order chi connectivity index (χ1) is 7.05. The Morgan fingerprint density at radius 2 is 1.93 bits per heavy atom. The molecule has 0 aliphatic heterocycles. The monoisotopic (exact) mass is 214 g/mol. The highest BCUT2D eigenvalue weighted by Gasteiger charge is 2.55. The molecule has 1 aliphatic rings. The maximum absolute atomic E-state index is 11.2. The fourth-order valence-corrected chi connectivity index (χ4v) is 2.57. The predicted octanol–water partition coefficient (Wildman–Crippen LogP) is 2.13. The van der Waals surface area contributed by atoms with E-state index in [9.17, 15) is 9.59 Å². The molecule has 86 valence electrons. The molecule has 1 aliphatic carbocycles. The Hall–Kier alpha value is -1.06. The minimum absolute atomic E-state index is 0.188. The van der Waals surface area contributed by atoms with Crippen molar-refractivity contribution in [3.63, 3.8) is 0 Å². The Bertz CT molecular complexity index is 245.